The summed E-state index contributed by atoms with van der Waals surface area (Å²) in [6.07, 6.45) is 2.63. The number of furan rings is 1. The van der Waals surface area contributed by atoms with Crippen LogP contribution in [0.25, 0.3) is 0 Å². The Kier molecular flexibility index (Phi) is 4.45. The van der Waals surface area contributed by atoms with E-state index in [1.165, 1.54) is 0 Å². The van der Waals surface area contributed by atoms with Gasteiger partial charge in [0.15, 0.2) is 0 Å². The van der Waals surface area contributed by atoms with Gasteiger partial charge in [0, 0.05) is 29.4 Å². The second-order valence-corrected chi connectivity index (χ2v) is 5.04. The number of nitrogens with zero attached hydrogens (tertiary/aromatic N) is 1. The molecule has 0 aliphatic carbocycles. The Balaban J connectivity index is 2.28. The quantitative estimate of drug-likeness (QED) is 0.910. The molecule has 2 aromatic rings. The van der Waals surface area contributed by atoms with Gasteiger partial charge in [0.1, 0.15) is 17.3 Å². The SMILES string of the molecule is CNC(Cc1ncc(C)c(OC)c1C)c1ccc(C)o1. The number of aromatic nitrogens is 1. The molecule has 2 aromatic heterocycles. The molecule has 2 rings (SSSR count). The molecule has 20 heavy (non-hydrogen) atoms. The highest BCUT2D eigenvalue weighted by Gasteiger charge is 2.18. The Bertz CT molecular complexity index is 590. The average Bonchev–Trinajstić information content (AvgIpc) is 2.85. The zero-order valence-corrected chi connectivity index (χ0v) is 12.8. The van der Waals surface area contributed by atoms with E-state index in [2.05, 4.69) is 10.3 Å². The van der Waals surface area contributed by atoms with Crippen molar-refractivity contribution in [3.63, 3.8) is 0 Å². The number of likely N-dealkylation sites (N-methyl/N-ethyl adjacent to an activating group) is 1. The number of nitrogens with one attached hydrogen (secondary N) is 1. The van der Waals surface area contributed by atoms with Gasteiger partial charge in [-0.3, -0.25) is 4.98 Å². The van der Waals surface area contributed by atoms with E-state index in [1.807, 2.05) is 46.1 Å². The van der Waals surface area contributed by atoms with Crippen molar-refractivity contribution in [3.8, 4) is 5.75 Å². The third-order valence-corrected chi connectivity index (χ3v) is 3.60. The number of ether oxygens (including phenoxy) is 1. The molecule has 108 valence electrons. The Morgan fingerprint density at radius 1 is 1.30 bits per heavy atom. The Labute approximate surface area is 120 Å². The molecule has 1 unspecified atom stereocenters. The molecule has 0 bridgehead atoms. The van der Waals surface area contributed by atoms with Crippen LogP contribution in [-0.2, 0) is 6.42 Å². The van der Waals surface area contributed by atoms with Gasteiger partial charge in [0.25, 0.3) is 0 Å². The number of pyridine rings is 1. The maximum Gasteiger partial charge on any atom is 0.128 e. The summed E-state index contributed by atoms with van der Waals surface area (Å²) in [6, 6.07) is 4.11. The first-order valence-corrected chi connectivity index (χ1v) is 6.79. The molecule has 0 fully saturated rings. The summed E-state index contributed by atoms with van der Waals surface area (Å²) in [5, 5.41) is 3.28. The smallest absolute Gasteiger partial charge is 0.128 e. The molecule has 0 aliphatic rings. The van der Waals surface area contributed by atoms with Gasteiger partial charge in [0.2, 0.25) is 0 Å². The van der Waals surface area contributed by atoms with Crippen LogP contribution < -0.4 is 10.1 Å². The van der Waals surface area contributed by atoms with Crippen molar-refractivity contribution in [2.75, 3.05) is 14.2 Å². The van der Waals surface area contributed by atoms with Crippen molar-refractivity contribution in [3.05, 3.63) is 46.7 Å². The van der Waals surface area contributed by atoms with E-state index in [-0.39, 0.29) is 6.04 Å². The standard InChI is InChI=1S/C16H22N2O2/c1-10-9-18-13(12(3)16(10)19-5)8-14(17-4)15-7-6-11(2)20-15/h6-7,9,14,17H,8H2,1-5H3. The first kappa shape index (κ1) is 14.6. The molecule has 0 aliphatic heterocycles. The van der Waals surface area contributed by atoms with Crippen molar-refractivity contribution in [1.29, 1.82) is 0 Å². The van der Waals surface area contributed by atoms with E-state index >= 15 is 0 Å². The summed E-state index contributed by atoms with van der Waals surface area (Å²) < 4.78 is 11.2. The zero-order chi connectivity index (χ0) is 14.7. The molecule has 0 aromatic carbocycles. The Hall–Kier alpha value is -1.81. The maximum absolute atomic E-state index is 5.71. The summed E-state index contributed by atoms with van der Waals surface area (Å²) in [5.41, 5.74) is 3.18. The molecule has 0 saturated carbocycles. The van der Waals surface area contributed by atoms with Crippen molar-refractivity contribution in [2.24, 2.45) is 0 Å². The van der Waals surface area contributed by atoms with Gasteiger partial charge in [-0.15, -0.1) is 0 Å². The molecule has 0 saturated heterocycles. The first-order chi connectivity index (χ1) is 9.56. The van der Waals surface area contributed by atoms with Crippen LogP contribution in [0.5, 0.6) is 5.75 Å². The van der Waals surface area contributed by atoms with Crippen molar-refractivity contribution < 1.29 is 9.15 Å². The number of rotatable bonds is 5. The average molecular weight is 274 g/mol. The van der Waals surface area contributed by atoms with Gasteiger partial charge < -0.3 is 14.5 Å². The van der Waals surface area contributed by atoms with Gasteiger partial charge in [-0.25, -0.2) is 0 Å². The predicted octanol–water partition coefficient (Wildman–Crippen LogP) is 3.11. The molecule has 0 spiro atoms. The summed E-state index contributed by atoms with van der Waals surface area (Å²) in [7, 11) is 3.63. The van der Waals surface area contributed by atoms with Crippen LogP contribution in [0.4, 0.5) is 0 Å². The van der Waals surface area contributed by atoms with Crippen molar-refractivity contribution >= 4 is 0 Å². The third-order valence-electron chi connectivity index (χ3n) is 3.60. The Morgan fingerprint density at radius 3 is 2.60 bits per heavy atom. The topological polar surface area (TPSA) is 47.3 Å². The summed E-state index contributed by atoms with van der Waals surface area (Å²) in [5.74, 6) is 2.78. The lowest BCUT2D eigenvalue weighted by molar-refractivity contribution is 0.400. The summed E-state index contributed by atoms with van der Waals surface area (Å²) in [6.45, 7) is 6.01. The molecular formula is C16H22N2O2. The highest BCUT2D eigenvalue weighted by Crippen LogP contribution is 2.27. The van der Waals surface area contributed by atoms with Crippen LogP contribution >= 0.6 is 0 Å². The van der Waals surface area contributed by atoms with Crippen LogP contribution in [0, 0.1) is 20.8 Å². The maximum atomic E-state index is 5.71. The molecule has 0 amide bonds. The van der Waals surface area contributed by atoms with Gasteiger partial charge in [-0.1, -0.05) is 0 Å². The summed E-state index contributed by atoms with van der Waals surface area (Å²) >= 11 is 0. The van der Waals surface area contributed by atoms with Crippen LogP contribution in [0.3, 0.4) is 0 Å². The van der Waals surface area contributed by atoms with Crippen LogP contribution in [0.15, 0.2) is 22.7 Å². The molecule has 4 heteroatoms. The highest BCUT2D eigenvalue weighted by molar-refractivity contribution is 5.41. The highest BCUT2D eigenvalue weighted by atomic mass is 16.5. The minimum atomic E-state index is 0.113. The lowest BCUT2D eigenvalue weighted by Crippen LogP contribution is -2.19. The fourth-order valence-electron chi connectivity index (χ4n) is 2.46. The van der Waals surface area contributed by atoms with E-state index < -0.39 is 0 Å². The second-order valence-electron chi connectivity index (χ2n) is 5.04. The van der Waals surface area contributed by atoms with Crippen molar-refractivity contribution in [1.82, 2.24) is 10.3 Å². The van der Waals surface area contributed by atoms with Crippen LogP contribution in [0.1, 0.15) is 34.4 Å². The van der Waals surface area contributed by atoms with Crippen LogP contribution in [0.2, 0.25) is 0 Å². The fraction of sp³-hybridized carbons (Fsp3) is 0.438. The second kappa shape index (κ2) is 6.09. The van der Waals surface area contributed by atoms with E-state index in [9.17, 15) is 0 Å². The lowest BCUT2D eigenvalue weighted by atomic mass is 10.0. The normalized spacial score (nSPS) is 12.4. The largest absolute Gasteiger partial charge is 0.496 e. The first-order valence-electron chi connectivity index (χ1n) is 6.79. The molecule has 1 atom stereocenters. The summed E-state index contributed by atoms with van der Waals surface area (Å²) in [4.78, 5) is 4.54. The van der Waals surface area contributed by atoms with E-state index in [4.69, 9.17) is 9.15 Å². The minimum absolute atomic E-state index is 0.113. The number of hydrogen-bond donors (Lipinski definition) is 1. The number of methoxy groups -OCH3 is 1. The Morgan fingerprint density at radius 2 is 2.05 bits per heavy atom. The molecule has 2 heterocycles. The van der Waals surface area contributed by atoms with E-state index in [0.717, 1.165) is 40.5 Å². The number of hydrogen-bond acceptors (Lipinski definition) is 4. The minimum Gasteiger partial charge on any atom is -0.496 e. The van der Waals surface area contributed by atoms with E-state index in [0.29, 0.717) is 0 Å². The zero-order valence-electron chi connectivity index (χ0n) is 12.8. The van der Waals surface area contributed by atoms with Crippen molar-refractivity contribution in [2.45, 2.75) is 33.2 Å². The number of aryl methyl sites for hydroxylation is 2. The fourth-order valence-corrected chi connectivity index (χ4v) is 2.46. The molecule has 0 radical (unpaired) electrons. The van der Waals surface area contributed by atoms with Gasteiger partial charge >= 0.3 is 0 Å². The van der Waals surface area contributed by atoms with Crippen LogP contribution in [-0.4, -0.2) is 19.1 Å². The molecule has 1 N–H and O–H groups in total. The lowest BCUT2D eigenvalue weighted by Gasteiger charge is -2.17. The van der Waals surface area contributed by atoms with E-state index in [1.54, 1.807) is 7.11 Å². The monoisotopic (exact) mass is 274 g/mol. The third kappa shape index (κ3) is 2.85. The molecule has 4 nitrogen and oxygen atoms in total. The van der Waals surface area contributed by atoms with Gasteiger partial charge in [0.05, 0.1) is 13.2 Å². The molecular weight excluding hydrogens is 252 g/mol. The van der Waals surface area contributed by atoms with Gasteiger partial charge in [-0.05, 0) is 40.0 Å². The van der Waals surface area contributed by atoms with Gasteiger partial charge in [-0.2, -0.15) is 0 Å². The predicted molar refractivity (Wildman–Crippen MR) is 79.2 cm³/mol.